The summed E-state index contributed by atoms with van der Waals surface area (Å²) in [6.45, 7) is 6.25. The van der Waals surface area contributed by atoms with Crippen molar-refractivity contribution < 1.29 is 9.32 Å². The highest BCUT2D eigenvalue weighted by atomic mass is 16.5. The van der Waals surface area contributed by atoms with E-state index in [9.17, 15) is 10.1 Å². The molecule has 1 unspecified atom stereocenters. The van der Waals surface area contributed by atoms with Gasteiger partial charge in [-0.1, -0.05) is 36.3 Å². The molecule has 174 valence electrons. The first-order valence-electron chi connectivity index (χ1n) is 11.8. The normalized spacial score (nSPS) is 26.6. The topological polar surface area (TPSA) is 123 Å². The Hall–Kier alpha value is -3.60. The molecule has 3 N–H and O–H groups in total. The number of nitrogens with one attached hydrogen (secondary N) is 1. The third-order valence-electron chi connectivity index (χ3n) is 8.19. The third-order valence-corrected chi connectivity index (χ3v) is 8.19. The fourth-order valence-electron chi connectivity index (χ4n) is 6.01. The summed E-state index contributed by atoms with van der Waals surface area (Å²) in [5.41, 5.74) is 10.4. The van der Waals surface area contributed by atoms with Crippen molar-refractivity contribution in [3.8, 4) is 17.3 Å². The fraction of sp³-hybridized carbons (Fsp3) is 0.462. The van der Waals surface area contributed by atoms with Crippen LogP contribution >= 0.6 is 0 Å². The Bertz CT molecular complexity index is 1340. The van der Waals surface area contributed by atoms with Crippen LogP contribution in [0, 0.1) is 16.7 Å². The molecular weight excluding hydrogens is 428 g/mol. The SMILES string of the molecule is CC(C(=O)Nc1cc(C23CC(C)(C2)C3)no1)c1ccc(-c2nn(C3(C)CC3)c(N)c2C#N)cc1. The maximum Gasteiger partial charge on any atom is 0.234 e. The average molecular weight is 457 g/mol. The number of carbonyl (C=O) groups excluding carboxylic acids is 1. The molecule has 0 saturated heterocycles. The molecule has 1 aromatic carbocycles. The van der Waals surface area contributed by atoms with Gasteiger partial charge in [-0.3, -0.25) is 10.1 Å². The fourth-order valence-corrected chi connectivity index (χ4v) is 6.01. The summed E-state index contributed by atoms with van der Waals surface area (Å²) >= 11 is 0. The molecule has 2 heterocycles. The molecule has 2 bridgehead atoms. The minimum Gasteiger partial charge on any atom is -0.383 e. The highest BCUT2D eigenvalue weighted by Gasteiger charge is 2.66. The van der Waals surface area contributed by atoms with Crippen LogP contribution in [-0.4, -0.2) is 20.8 Å². The molecule has 4 saturated carbocycles. The molecular formula is C26H28N6O2. The number of rotatable bonds is 6. The molecule has 1 amide bonds. The molecule has 7 rings (SSSR count). The smallest absolute Gasteiger partial charge is 0.234 e. The lowest BCUT2D eigenvalue weighted by Crippen LogP contribution is -2.62. The lowest BCUT2D eigenvalue weighted by atomic mass is 9.35. The van der Waals surface area contributed by atoms with Gasteiger partial charge in [0.1, 0.15) is 23.1 Å². The second-order valence-corrected chi connectivity index (χ2v) is 11.2. The second kappa shape index (κ2) is 6.72. The molecule has 2 aromatic heterocycles. The number of nitriles is 1. The van der Waals surface area contributed by atoms with Crippen LogP contribution in [-0.2, 0) is 15.7 Å². The van der Waals surface area contributed by atoms with Crippen LogP contribution in [0.2, 0.25) is 0 Å². The monoisotopic (exact) mass is 456 g/mol. The molecule has 4 aliphatic carbocycles. The number of nitrogen functional groups attached to an aromatic ring is 1. The van der Waals surface area contributed by atoms with Gasteiger partial charge in [-0.25, -0.2) is 4.68 Å². The quantitative estimate of drug-likeness (QED) is 0.555. The number of nitrogens with zero attached hydrogens (tertiary/aromatic N) is 4. The van der Waals surface area contributed by atoms with Crippen molar-refractivity contribution in [2.45, 2.75) is 69.7 Å². The summed E-state index contributed by atoms with van der Waals surface area (Å²) in [6, 6.07) is 11.6. The minimum atomic E-state index is -0.389. The summed E-state index contributed by atoms with van der Waals surface area (Å²) in [4.78, 5) is 12.9. The number of anilines is 2. The van der Waals surface area contributed by atoms with E-state index in [1.165, 1.54) is 0 Å². The van der Waals surface area contributed by atoms with Crippen molar-refractivity contribution in [1.29, 1.82) is 5.26 Å². The van der Waals surface area contributed by atoms with E-state index in [1.54, 1.807) is 4.68 Å². The van der Waals surface area contributed by atoms with E-state index in [0.29, 0.717) is 28.4 Å². The van der Waals surface area contributed by atoms with Crippen molar-refractivity contribution in [2.24, 2.45) is 5.41 Å². The van der Waals surface area contributed by atoms with Crippen LogP contribution in [0.4, 0.5) is 11.7 Å². The van der Waals surface area contributed by atoms with Crippen molar-refractivity contribution in [3.63, 3.8) is 0 Å². The van der Waals surface area contributed by atoms with Gasteiger partial charge in [0.2, 0.25) is 11.8 Å². The molecule has 8 heteroatoms. The molecule has 3 aromatic rings. The van der Waals surface area contributed by atoms with Gasteiger partial charge in [0.15, 0.2) is 0 Å². The van der Waals surface area contributed by atoms with Crippen LogP contribution in [0.15, 0.2) is 34.9 Å². The van der Waals surface area contributed by atoms with E-state index >= 15 is 0 Å². The Morgan fingerprint density at radius 2 is 1.91 bits per heavy atom. The van der Waals surface area contributed by atoms with Crippen LogP contribution < -0.4 is 11.1 Å². The molecule has 34 heavy (non-hydrogen) atoms. The summed E-state index contributed by atoms with van der Waals surface area (Å²) in [5, 5.41) is 21.4. The molecule has 8 nitrogen and oxygen atoms in total. The number of benzene rings is 1. The van der Waals surface area contributed by atoms with Crippen LogP contribution in [0.1, 0.15) is 75.6 Å². The number of hydrogen-bond donors (Lipinski definition) is 2. The van der Waals surface area contributed by atoms with Gasteiger partial charge in [-0.05, 0) is 56.9 Å². The predicted octanol–water partition coefficient (Wildman–Crippen LogP) is 4.68. The Balaban J connectivity index is 1.17. The van der Waals surface area contributed by atoms with Gasteiger partial charge in [0, 0.05) is 17.0 Å². The van der Waals surface area contributed by atoms with Crippen LogP contribution in [0.5, 0.6) is 0 Å². The predicted molar refractivity (Wildman–Crippen MR) is 127 cm³/mol. The van der Waals surface area contributed by atoms with E-state index in [0.717, 1.165) is 48.9 Å². The van der Waals surface area contributed by atoms with Crippen molar-refractivity contribution in [3.05, 3.63) is 47.2 Å². The average Bonchev–Trinajstić information content (AvgIpc) is 3.20. The van der Waals surface area contributed by atoms with Gasteiger partial charge in [-0.15, -0.1) is 0 Å². The minimum absolute atomic E-state index is 0.0996. The van der Waals surface area contributed by atoms with E-state index in [2.05, 4.69) is 35.5 Å². The summed E-state index contributed by atoms with van der Waals surface area (Å²) in [6.07, 6.45) is 5.46. The van der Waals surface area contributed by atoms with Crippen molar-refractivity contribution >= 4 is 17.6 Å². The Labute approximate surface area is 198 Å². The zero-order valence-corrected chi connectivity index (χ0v) is 19.7. The highest BCUT2D eigenvalue weighted by Crippen LogP contribution is 2.73. The number of carbonyl (C=O) groups is 1. The van der Waals surface area contributed by atoms with E-state index < -0.39 is 0 Å². The molecule has 0 radical (unpaired) electrons. The number of nitrogens with two attached hydrogens (primary N) is 1. The maximum absolute atomic E-state index is 12.9. The number of hydrogen-bond acceptors (Lipinski definition) is 6. The van der Waals surface area contributed by atoms with E-state index in [-0.39, 0.29) is 22.8 Å². The number of amides is 1. The highest BCUT2D eigenvalue weighted by molar-refractivity contribution is 5.94. The lowest BCUT2D eigenvalue weighted by Gasteiger charge is -2.68. The molecule has 0 aliphatic heterocycles. The first kappa shape index (κ1) is 21.0. The lowest BCUT2D eigenvalue weighted by molar-refractivity contribution is -0.129. The second-order valence-electron chi connectivity index (χ2n) is 11.2. The molecule has 0 spiro atoms. The summed E-state index contributed by atoms with van der Waals surface area (Å²) in [7, 11) is 0. The van der Waals surface area contributed by atoms with Crippen LogP contribution in [0.25, 0.3) is 11.3 Å². The third kappa shape index (κ3) is 2.99. The molecule has 1 atom stereocenters. The van der Waals surface area contributed by atoms with Gasteiger partial charge in [0.25, 0.3) is 0 Å². The first-order valence-corrected chi connectivity index (χ1v) is 11.8. The number of aromatic nitrogens is 3. The Morgan fingerprint density at radius 1 is 1.24 bits per heavy atom. The zero-order chi connectivity index (χ0) is 23.9. The Kier molecular flexibility index (Phi) is 4.14. The summed E-state index contributed by atoms with van der Waals surface area (Å²) < 4.78 is 7.20. The van der Waals surface area contributed by atoms with Crippen LogP contribution in [0.3, 0.4) is 0 Å². The largest absolute Gasteiger partial charge is 0.383 e. The summed E-state index contributed by atoms with van der Waals surface area (Å²) in [5.74, 6) is 0.258. The zero-order valence-electron chi connectivity index (χ0n) is 19.7. The first-order chi connectivity index (χ1) is 16.2. The van der Waals surface area contributed by atoms with Gasteiger partial charge < -0.3 is 10.3 Å². The Morgan fingerprint density at radius 3 is 2.50 bits per heavy atom. The standard InChI is InChI=1S/C26H28N6O2/c1-15(23(33)29-20-10-19(31-34-20)26-12-24(2,13-26)14-26)16-4-6-17(7-5-16)21-18(11-27)22(28)32(30-21)25(3)8-9-25/h4-7,10,15H,8-9,12-14,28H2,1-3H3,(H,29,33). The van der Waals surface area contributed by atoms with Gasteiger partial charge in [-0.2, -0.15) is 10.4 Å². The maximum atomic E-state index is 12.9. The molecule has 4 fully saturated rings. The van der Waals surface area contributed by atoms with Gasteiger partial charge >= 0.3 is 0 Å². The van der Waals surface area contributed by atoms with Gasteiger partial charge in [0.05, 0.1) is 17.2 Å². The molecule has 4 aliphatic rings. The van der Waals surface area contributed by atoms with Crippen molar-refractivity contribution in [2.75, 3.05) is 11.1 Å². The van der Waals surface area contributed by atoms with E-state index in [4.69, 9.17) is 10.3 Å². The van der Waals surface area contributed by atoms with Crippen molar-refractivity contribution in [1.82, 2.24) is 14.9 Å². The van der Waals surface area contributed by atoms with E-state index in [1.807, 2.05) is 37.3 Å².